The van der Waals surface area contributed by atoms with E-state index >= 15 is 0 Å². The Hall–Kier alpha value is -0.930. The number of hydrogen-bond acceptors (Lipinski definition) is 3. The second-order valence-electron chi connectivity index (χ2n) is 5.97. The molecule has 1 fully saturated rings. The summed E-state index contributed by atoms with van der Waals surface area (Å²) in [6, 6.07) is 9.08. The summed E-state index contributed by atoms with van der Waals surface area (Å²) in [5.41, 5.74) is 1.15. The second kappa shape index (κ2) is 6.68. The van der Waals surface area contributed by atoms with Crippen molar-refractivity contribution in [3.63, 3.8) is 0 Å². The minimum atomic E-state index is 0.657. The molecule has 2 nitrogen and oxygen atoms in total. The molecule has 3 heteroatoms. The van der Waals surface area contributed by atoms with Gasteiger partial charge in [0.15, 0.2) is 0 Å². The fourth-order valence-electron chi connectivity index (χ4n) is 3.23. The lowest BCUT2D eigenvalue weighted by Crippen LogP contribution is -2.35. The minimum Gasteiger partial charge on any atom is -0.314 e. The average Bonchev–Trinajstić information content (AvgIpc) is 2.90. The molecule has 0 saturated heterocycles. The van der Waals surface area contributed by atoms with Crippen LogP contribution in [0.15, 0.2) is 24.3 Å². The number of para-hydroxylation sites is 1. The Morgan fingerprint density at radius 2 is 2.05 bits per heavy atom. The van der Waals surface area contributed by atoms with Crippen molar-refractivity contribution >= 4 is 21.6 Å². The minimum absolute atomic E-state index is 0.657. The Morgan fingerprint density at radius 3 is 2.85 bits per heavy atom. The second-order valence-corrected chi connectivity index (χ2v) is 7.08. The molecular weight excluding hydrogens is 264 g/mol. The normalized spacial score (nSPS) is 18.4. The molecule has 20 heavy (non-hydrogen) atoms. The van der Waals surface area contributed by atoms with Gasteiger partial charge in [0.25, 0.3) is 0 Å². The first-order valence-corrected chi connectivity index (χ1v) is 8.72. The van der Waals surface area contributed by atoms with E-state index in [1.54, 1.807) is 0 Å². The van der Waals surface area contributed by atoms with Gasteiger partial charge in [-0.05, 0) is 37.8 Å². The topological polar surface area (TPSA) is 24.9 Å². The molecule has 0 amide bonds. The maximum atomic E-state index is 4.70. The van der Waals surface area contributed by atoms with E-state index in [4.69, 9.17) is 4.98 Å². The van der Waals surface area contributed by atoms with Crippen molar-refractivity contribution < 1.29 is 0 Å². The third kappa shape index (κ3) is 3.39. The summed E-state index contributed by atoms with van der Waals surface area (Å²) in [6.45, 7) is 3.41. The van der Waals surface area contributed by atoms with Crippen molar-refractivity contribution in [1.29, 1.82) is 0 Å². The van der Waals surface area contributed by atoms with Crippen LogP contribution in [0.5, 0.6) is 0 Å². The van der Waals surface area contributed by atoms with Crippen LogP contribution < -0.4 is 5.32 Å². The van der Waals surface area contributed by atoms with Crippen molar-refractivity contribution in [3.05, 3.63) is 29.3 Å². The molecule has 0 spiro atoms. The predicted octanol–water partition coefficient (Wildman–Crippen LogP) is 4.40. The number of fused-ring (bicyclic) bond motifs is 1. The number of rotatable bonds is 5. The predicted molar refractivity (Wildman–Crippen MR) is 87.4 cm³/mol. The molecule has 0 bridgehead atoms. The summed E-state index contributed by atoms with van der Waals surface area (Å²) in [5.74, 6) is 0.888. The van der Waals surface area contributed by atoms with E-state index in [-0.39, 0.29) is 0 Å². The zero-order chi connectivity index (χ0) is 13.8. The molecule has 1 heterocycles. The highest BCUT2D eigenvalue weighted by molar-refractivity contribution is 7.18. The van der Waals surface area contributed by atoms with Crippen LogP contribution in [0.25, 0.3) is 10.2 Å². The third-order valence-electron chi connectivity index (χ3n) is 4.50. The molecule has 0 radical (unpaired) electrons. The largest absolute Gasteiger partial charge is 0.314 e. The van der Waals surface area contributed by atoms with Crippen molar-refractivity contribution in [2.45, 2.75) is 51.5 Å². The summed E-state index contributed by atoms with van der Waals surface area (Å²) < 4.78 is 1.31. The molecule has 2 aromatic rings. The van der Waals surface area contributed by atoms with Crippen molar-refractivity contribution in [2.75, 3.05) is 6.54 Å². The van der Waals surface area contributed by atoms with Gasteiger partial charge in [0, 0.05) is 19.0 Å². The zero-order valence-corrected chi connectivity index (χ0v) is 13.1. The highest BCUT2D eigenvalue weighted by Crippen LogP contribution is 2.26. The number of benzene rings is 1. The SMILES string of the molecule is CC(NCCc1nc2ccccc2s1)C1CCCCC1. The van der Waals surface area contributed by atoms with Gasteiger partial charge in [0.05, 0.1) is 15.2 Å². The summed E-state index contributed by atoms with van der Waals surface area (Å²) in [7, 11) is 0. The molecule has 3 rings (SSSR count). The van der Waals surface area contributed by atoms with Crippen molar-refractivity contribution in [1.82, 2.24) is 10.3 Å². The number of nitrogens with one attached hydrogen (secondary N) is 1. The van der Waals surface area contributed by atoms with Crippen LogP contribution in [0.2, 0.25) is 0 Å². The van der Waals surface area contributed by atoms with Crippen molar-refractivity contribution in [3.8, 4) is 0 Å². The number of thiazole rings is 1. The molecule has 0 aliphatic heterocycles. The van der Waals surface area contributed by atoms with Crippen LogP contribution in [-0.4, -0.2) is 17.6 Å². The van der Waals surface area contributed by atoms with Crippen LogP contribution in [0.4, 0.5) is 0 Å². The van der Waals surface area contributed by atoms with Crippen LogP contribution in [0, 0.1) is 5.92 Å². The Balaban J connectivity index is 1.49. The first-order chi connectivity index (χ1) is 9.83. The lowest BCUT2D eigenvalue weighted by atomic mass is 9.84. The van der Waals surface area contributed by atoms with Crippen LogP contribution >= 0.6 is 11.3 Å². The van der Waals surface area contributed by atoms with Crippen molar-refractivity contribution in [2.24, 2.45) is 5.92 Å². The molecule has 108 valence electrons. The summed E-state index contributed by atoms with van der Waals surface area (Å²) in [6.07, 6.45) is 8.17. The first kappa shape index (κ1) is 14.0. The van der Waals surface area contributed by atoms with E-state index in [1.807, 2.05) is 11.3 Å². The number of hydrogen-bond donors (Lipinski definition) is 1. The lowest BCUT2D eigenvalue weighted by molar-refractivity contribution is 0.283. The van der Waals surface area contributed by atoms with Gasteiger partial charge in [-0.3, -0.25) is 0 Å². The van der Waals surface area contributed by atoms with Crippen LogP contribution in [-0.2, 0) is 6.42 Å². The molecule has 1 aromatic heterocycles. The van der Waals surface area contributed by atoms with Gasteiger partial charge in [-0.15, -0.1) is 11.3 Å². The van der Waals surface area contributed by atoms with Crippen LogP contribution in [0.3, 0.4) is 0 Å². The fraction of sp³-hybridized carbons (Fsp3) is 0.588. The highest BCUT2D eigenvalue weighted by Gasteiger charge is 2.19. The van der Waals surface area contributed by atoms with Gasteiger partial charge in [0.2, 0.25) is 0 Å². The number of aromatic nitrogens is 1. The van der Waals surface area contributed by atoms with E-state index in [0.717, 1.165) is 24.4 Å². The zero-order valence-electron chi connectivity index (χ0n) is 12.3. The van der Waals surface area contributed by atoms with E-state index in [9.17, 15) is 0 Å². The Morgan fingerprint density at radius 1 is 1.25 bits per heavy atom. The van der Waals surface area contributed by atoms with Gasteiger partial charge < -0.3 is 5.32 Å². The van der Waals surface area contributed by atoms with E-state index in [1.165, 1.54) is 41.8 Å². The average molecular weight is 288 g/mol. The van der Waals surface area contributed by atoms with E-state index in [0.29, 0.717) is 6.04 Å². The summed E-state index contributed by atoms with van der Waals surface area (Å²) in [5, 5.41) is 4.97. The monoisotopic (exact) mass is 288 g/mol. The Kier molecular flexibility index (Phi) is 4.69. The van der Waals surface area contributed by atoms with Gasteiger partial charge in [-0.25, -0.2) is 4.98 Å². The molecule has 1 N–H and O–H groups in total. The molecule has 1 aromatic carbocycles. The molecule has 1 aliphatic rings. The smallest absolute Gasteiger partial charge is 0.0951 e. The molecule has 1 aliphatic carbocycles. The fourth-order valence-corrected chi connectivity index (χ4v) is 4.20. The van der Waals surface area contributed by atoms with Gasteiger partial charge in [0.1, 0.15) is 0 Å². The molecule has 1 atom stereocenters. The van der Waals surface area contributed by atoms with Gasteiger partial charge in [-0.1, -0.05) is 31.4 Å². The van der Waals surface area contributed by atoms with Crippen LogP contribution in [0.1, 0.15) is 44.0 Å². The maximum absolute atomic E-state index is 4.70. The molecule has 1 saturated carbocycles. The Bertz CT molecular complexity index is 510. The van der Waals surface area contributed by atoms with E-state index < -0.39 is 0 Å². The molecular formula is C17H24N2S. The standard InChI is InChI=1S/C17H24N2S/c1-13(14-7-3-2-4-8-14)18-12-11-17-19-15-9-5-6-10-16(15)20-17/h5-6,9-10,13-14,18H,2-4,7-8,11-12H2,1H3. The number of nitrogens with zero attached hydrogens (tertiary/aromatic N) is 1. The summed E-state index contributed by atoms with van der Waals surface area (Å²) in [4.78, 5) is 4.70. The summed E-state index contributed by atoms with van der Waals surface area (Å²) >= 11 is 1.83. The highest BCUT2D eigenvalue weighted by atomic mass is 32.1. The third-order valence-corrected chi connectivity index (χ3v) is 5.60. The van der Waals surface area contributed by atoms with Gasteiger partial charge >= 0.3 is 0 Å². The quantitative estimate of drug-likeness (QED) is 0.882. The maximum Gasteiger partial charge on any atom is 0.0951 e. The molecule has 1 unspecified atom stereocenters. The Labute approximate surface area is 125 Å². The van der Waals surface area contributed by atoms with E-state index in [2.05, 4.69) is 36.5 Å². The lowest BCUT2D eigenvalue weighted by Gasteiger charge is -2.28. The van der Waals surface area contributed by atoms with Gasteiger partial charge in [-0.2, -0.15) is 0 Å². The first-order valence-electron chi connectivity index (χ1n) is 7.91.